The van der Waals surface area contributed by atoms with Crippen LogP contribution in [0.15, 0.2) is 48.9 Å². The first kappa shape index (κ1) is 22.3. The number of aromatic nitrogens is 3. The summed E-state index contributed by atoms with van der Waals surface area (Å²) in [5, 5.41) is 1.13. The molecule has 0 radical (unpaired) electrons. The molecule has 5 rings (SSSR count). The molecule has 0 N–H and O–H groups in total. The van der Waals surface area contributed by atoms with Crippen LogP contribution in [0.2, 0.25) is 0 Å². The fourth-order valence-electron chi connectivity index (χ4n) is 4.81. The highest BCUT2D eigenvalue weighted by molar-refractivity contribution is 7.18. The van der Waals surface area contributed by atoms with Crippen molar-refractivity contribution in [2.24, 2.45) is 0 Å². The van der Waals surface area contributed by atoms with Crippen molar-refractivity contribution in [1.82, 2.24) is 19.4 Å². The number of hydrogen-bond acceptors (Lipinski definition) is 4. The fraction of sp³-hybridized carbons (Fsp3) is 0.429. The van der Waals surface area contributed by atoms with Crippen molar-refractivity contribution in [1.29, 1.82) is 0 Å². The van der Waals surface area contributed by atoms with Crippen LogP contribution >= 0.6 is 11.3 Å². The van der Waals surface area contributed by atoms with E-state index in [4.69, 9.17) is 9.97 Å². The van der Waals surface area contributed by atoms with Crippen LogP contribution in [0.1, 0.15) is 65.2 Å². The van der Waals surface area contributed by atoms with Gasteiger partial charge < -0.3 is 9.47 Å². The molecule has 0 amide bonds. The van der Waals surface area contributed by atoms with E-state index >= 15 is 0 Å². The lowest BCUT2D eigenvalue weighted by molar-refractivity contribution is 0.231. The van der Waals surface area contributed by atoms with Gasteiger partial charge in [0.15, 0.2) is 0 Å². The fourth-order valence-corrected chi connectivity index (χ4v) is 5.97. The molecule has 1 atom stereocenters. The second-order valence-corrected chi connectivity index (χ2v) is 10.5. The molecule has 1 unspecified atom stereocenters. The summed E-state index contributed by atoms with van der Waals surface area (Å²) < 4.78 is 3.54. The zero-order valence-corrected chi connectivity index (χ0v) is 20.9. The van der Waals surface area contributed by atoms with Gasteiger partial charge in [-0.15, -0.1) is 11.3 Å². The van der Waals surface area contributed by atoms with E-state index in [9.17, 15) is 0 Å². The largest absolute Gasteiger partial charge is 0.323 e. The zero-order chi connectivity index (χ0) is 22.8. The third-order valence-corrected chi connectivity index (χ3v) is 8.11. The van der Waals surface area contributed by atoms with Gasteiger partial charge in [0.05, 0.1) is 22.2 Å². The average molecular weight is 459 g/mol. The Morgan fingerprint density at radius 3 is 2.64 bits per heavy atom. The van der Waals surface area contributed by atoms with Crippen molar-refractivity contribution in [3.8, 4) is 0 Å². The molecule has 1 saturated heterocycles. The van der Waals surface area contributed by atoms with Gasteiger partial charge in [0, 0.05) is 19.2 Å². The number of piperidine rings is 1. The Labute approximate surface area is 201 Å². The molecule has 1 aliphatic rings. The minimum absolute atomic E-state index is 0.0445. The first-order valence-corrected chi connectivity index (χ1v) is 13.1. The van der Waals surface area contributed by atoms with Crippen LogP contribution in [0.3, 0.4) is 0 Å². The number of rotatable bonds is 7. The number of aryl methyl sites for hydroxylation is 3. The Hall–Kier alpha value is -2.50. The number of fused-ring (bicyclic) bond motifs is 1. The Kier molecular flexibility index (Phi) is 6.61. The lowest BCUT2D eigenvalue weighted by Gasteiger charge is -2.25. The Morgan fingerprint density at radius 2 is 1.85 bits per heavy atom. The predicted octanol–water partition coefficient (Wildman–Crippen LogP) is 6.34. The van der Waals surface area contributed by atoms with Crippen LogP contribution in [0, 0.1) is 13.8 Å². The quantitative estimate of drug-likeness (QED) is 0.324. The molecule has 0 saturated carbocycles. The third kappa shape index (κ3) is 4.90. The van der Waals surface area contributed by atoms with Gasteiger partial charge in [-0.2, -0.15) is 0 Å². The molecule has 2 aromatic carbocycles. The lowest BCUT2D eigenvalue weighted by Crippen LogP contribution is -2.31. The normalized spacial score (nSPS) is 15.8. The Bertz CT molecular complexity index is 1230. The number of imidazole rings is 1. The minimum atomic E-state index is 0.0445. The Balaban J connectivity index is 1.48. The highest BCUT2D eigenvalue weighted by atomic mass is 32.1. The maximum absolute atomic E-state index is 5.08. The molecule has 33 heavy (non-hydrogen) atoms. The van der Waals surface area contributed by atoms with E-state index in [0.717, 1.165) is 29.9 Å². The molecule has 2 aromatic heterocycles. The first-order chi connectivity index (χ1) is 16.1. The molecule has 5 heteroatoms. The molecule has 0 aliphatic carbocycles. The van der Waals surface area contributed by atoms with Gasteiger partial charge >= 0.3 is 0 Å². The summed E-state index contributed by atoms with van der Waals surface area (Å²) in [5.74, 6) is 0. The van der Waals surface area contributed by atoms with Crippen LogP contribution in [0.25, 0.3) is 10.2 Å². The smallest absolute Gasteiger partial charge is 0.121 e. The summed E-state index contributed by atoms with van der Waals surface area (Å²) in [6.45, 7) is 10.1. The van der Waals surface area contributed by atoms with E-state index in [0.29, 0.717) is 0 Å². The van der Waals surface area contributed by atoms with Gasteiger partial charge in [-0.25, -0.2) is 9.97 Å². The number of hydrogen-bond donors (Lipinski definition) is 0. The summed E-state index contributed by atoms with van der Waals surface area (Å²) in [6, 6.07) is 13.5. The Morgan fingerprint density at radius 1 is 1.00 bits per heavy atom. The van der Waals surface area contributed by atoms with Gasteiger partial charge in [-0.05, 0) is 80.6 Å². The van der Waals surface area contributed by atoms with Gasteiger partial charge in [-0.1, -0.05) is 37.6 Å². The van der Waals surface area contributed by atoms with Crippen molar-refractivity contribution in [3.05, 3.63) is 81.9 Å². The summed E-state index contributed by atoms with van der Waals surface area (Å²) in [5.41, 5.74) is 7.53. The molecule has 172 valence electrons. The monoisotopic (exact) mass is 458 g/mol. The second kappa shape index (κ2) is 9.78. The molecule has 4 aromatic rings. The van der Waals surface area contributed by atoms with Crippen LogP contribution in [-0.2, 0) is 12.8 Å². The SMILES string of the molecule is CCc1ccc2nc(C(c3ccc(C)c(C)c3)n3cnc(CCN4CCCCC4)c3)sc2c1. The molecule has 3 heterocycles. The van der Waals surface area contributed by atoms with Gasteiger partial charge in [-0.3, -0.25) is 0 Å². The van der Waals surface area contributed by atoms with E-state index in [-0.39, 0.29) is 6.04 Å². The standard InChI is InChI=1S/C28H34N4S/c1-4-22-9-11-25-26(17-22)33-28(30-25)27(23-10-8-20(2)21(3)16-23)32-18-24(29-19-32)12-15-31-13-6-5-7-14-31/h8-11,16-19,27H,4-7,12-15H2,1-3H3. The summed E-state index contributed by atoms with van der Waals surface area (Å²) in [7, 11) is 0. The van der Waals surface area contributed by atoms with Crippen LogP contribution in [0.4, 0.5) is 0 Å². The number of thiazole rings is 1. The minimum Gasteiger partial charge on any atom is -0.323 e. The number of likely N-dealkylation sites (tertiary alicyclic amines) is 1. The van der Waals surface area contributed by atoms with Crippen LogP contribution < -0.4 is 0 Å². The second-order valence-electron chi connectivity index (χ2n) is 9.42. The zero-order valence-electron chi connectivity index (χ0n) is 20.1. The molecule has 1 aliphatic heterocycles. The van der Waals surface area contributed by atoms with Gasteiger partial charge in [0.25, 0.3) is 0 Å². The van der Waals surface area contributed by atoms with Crippen molar-refractivity contribution >= 4 is 21.6 Å². The van der Waals surface area contributed by atoms with Crippen molar-refractivity contribution in [2.75, 3.05) is 19.6 Å². The number of benzene rings is 2. The molecular formula is C28H34N4S. The van der Waals surface area contributed by atoms with Crippen LogP contribution in [-0.4, -0.2) is 39.1 Å². The maximum Gasteiger partial charge on any atom is 0.121 e. The summed E-state index contributed by atoms with van der Waals surface area (Å²) >= 11 is 1.81. The van der Waals surface area contributed by atoms with Crippen molar-refractivity contribution in [2.45, 2.75) is 58.9 Å². The van der Waals surface area contributed by atoms with Crippen molar-refractivity contribution < 1.29 is 0 Å². The van der Waals surface area contributed by atoms with Gasteiger partial charge in [0.2, 0.25) is 0 Å². The van der Waals surface area contributed by atoms with E-state index in [1.54, 1.807) is 0 Å². The summed E-state index contributed by atoms with van der Waals surface area (Å²) in [6.07, 6.45) is 10.4. The van der Waals surface area contributed by atoms with Crippen LogP contribution in [0.5, 0.6) is 0 Å². The van der Waals surface area contributed by atoms with Gasteiger partial charge in [0.1, 0.15) is 11.0 Å². The maximum atomic E-state index is 5.08. The molecular weight excluding hydrogens is 424 g/mol. The third-order valence-electron chi connectivity index (χ3n) is 7.04. The predicted molar refractivity (Wildman–Crippen MR) is 138 cm³/mol. The molecule has 1 fully saturated rings. The van der Waals surface area contributed by atoms with Crippen molar-refractivity contribution in [3.63, 3.8) is 0 Å². The average Bonchev–Trinajstić information content (AvgIpc) is 3.47. The topological polar surface area (TPSA) is 34.0 Å². The van der Waals surface area contributed by atoms with E-state index in [1.807, 2.05) is 17.7 Å². The lowest BCUT2D eigenvalue weighted by atomic mass is 10.0. The van der Waals surface area contributed by atoms with E-state index in [1.165, 1.54) is 65.0 Å². The number of nitrogens with zero attached hydrogens (tertiary/aromatic N) is 4. The molecule has 4 nitrogen and oxygen atoms in total. The first-order valence-electron chi connectivity index (χ1n) is 12.3. The molecule has 0 spiro atoms. The van der Waals surface area contributed by atoms with E-state index in [2.05, 4.69) is 72.8 Å². The molecule has 0 bridgehead atoms. The highest BCUT2D eigenvalue weighted by Crippen LogP contribution is 2.34. The van der Waals surface area contributed by atoms with E-state index < -0.39 is 0 Å². The highest BCUT2D eigenvalue weighted by Gasteiger charge is 2.22. The summed E-state index contributed by atoms with van der Waals surface area (Å²) in [4.78, 5) is 12.5.